The van der Waals surface area contributed by atoms with E-state index in [1.54, 1.807) is 30.5 Å². The van der Waals surface area contributed by atoms with Gasteiger partial charge in [-0.25, -0.2) is 0 Å². The Hall–Kier alpha value is -2.00. The number of hydrogen-bond donors (Lipinski definition) is 1. The van der Waals surface area contributed by atoms with Gasteiger partial charge in [-0.05, 0) is 35.9 Å². The minimum atomic E-state index is -0.175. The van der Waals surface area contributed by atoms with Crippen LogP contribution < -0.4 is 5.32 Å². The molecule has 4 heteroatoms. The van der Waals surface area contributed by atoms with Gasteiger partial charge in [-0.3, -0.25) is 4.79 Å². The van der Waals surface area contributed by atoms with E-state index in [4.69, 9.17) is 16.0 Å². The number of amides is 1. The van der Waals surface area contributed by atoms with E-state index in [2.05, 4.69) is 5.32 Å². The lowest BCUT2D eigenvalue weighted by molar-refractivity contribution is -0.116. The van der Waals surface area contributed by atoms with Crippen LogP contribution in [0.3, 0.4) is 0 Å². The van der Waals surface area contributed by atoms with E-state index in [-0.39, 0.29) is 5.91 Å². The highest BCUT2D eigenvalue weighted by atomic mass is 35.5. The lowest BCUT2D eigenvalue weighted by Crippen LogP contribution is -2.20. The molecule has 0 radical (unpaired) electrons. The van der Waals surface area contributed by atoms with Crippen LogP contribution in [0.4, 0.5) is 0 Å². The molecule has 0 bridgehead atoms. The normalized spacial score (nSPS) is 10.7. The van der Waals surface area contributed by atoms with Crippen LogP contribution in [0.15, 0.2) is 53.2 Å². The van der Waals surface area contributed by atoms with E-state index < -0.39 is 0 Å². The number of furan rings is 1. The van der Waals surface area contributed by atoms with Crippen molar-refractivity contribution in [2.75, 3.05) is 0 Å². The Bertz CT molecular complexity index is 547. The smallest absolute Gasteiger partial charge is 0.244 e. The molecule has 18 heavy (non-hydrogen) atoms. The van der Waals surface area contributed by atoms with E-state index in [0.29, 0.717) is 17.3 Å². The minimum Gasteiger partial charge on any atom is -0.465 e. The predicted octanol–water partition coefficient (Wildman–Crippen LogP) is 3.26. The minimum absolute atomic E-state index is 0.175. The first-order valence-electron chi connectivity index (χ1n) is 5.48. The number of nitrogens with one attached hydrogen (secondary N) is 1. The van der Waals surface area contributed by atoms with Gasteiger partial charge in [0.05, 0.1) is 6.26 Å². The van der Waals surface area contributed by atoms with Crippen LogP contribution in [-0.2, 0) is 11.3 Å². The first-order valence-corrected chi connectivity index (χ1v) is 5.86. The first-order chi connectivity index (χ1) is 8.74. The maximum Gasteiger partial charge on any atom is 0.244 e. The number of hydrogen-bond acceptors (Lipinski definition) is 2. The molecule has 3 nitrogen and oxygen atoms in total. The predicted molar refractivity (Wildman–Crippen MR) is 71.0 cm³/mol. The van der Waals surface area contributed by atoms with Crippen molar-refractivity contribution in [2.45, 2.75) is 6.54 Å². The summed E-state index contributed by atoms with van der Waals surface area (Å²) in [5, 5.41) is 3.42. The molecule has 0 aliphatic carbocycles. The van der Waals surface area contributed by atoms with Crippen LogP contribution in [0, 0.1) is 0 Å². The highest BCUT2D eigenvalue weighted by Crippen LogP contribution is 2.10. The number of carbonyl (C=O) groups excluding carboxylic acids is 1. The summed E-state index contributed by atoms with van der Waals surface area (Å²) in [6.45, 7) is 0.446. The molecule has 1 amide bonds. The van der Waals surface area contributed by atoms with Crippen molar-refractivity contribution >= 4 is 23.6 Å². The van der Waals surface area contributed by atoms with E-state index >= 15 is 0 Å². The Balaban J connectivity index is 1.85. The van der Waals surface area contributed by atoms with Gasteiger partial charge in [0.1, 0.15) is 5.76 Å². The molecule has 0 atom stereocenters. The average Bonchev–Trinajstić information content (AvgIpc) is 2.87. The van der Waals surface area contributed by atoms with Crippen LogP contribution in [-0.4, -0.2) is 5.91 Å². The number of carbonyl (C=O) groups is 1. The summed E-state index contributed by atoms with van der Waals surface area (Å²) in [6, 6.07) is 10.9. The second-order valence-corrected chi connectivity index (χ2v) is 4.13. The molecule has 1 heterocycles. The average molecular weight is 262 g/mol. The molecule has 1 N–H and O–H groups in total. The number of halogens is 1. The maximum absolute atomic E-state index is 11.5. The van der Waals surface area contributed by atoms with E-state index in [1.165, 1.54) is 6.08 Å². The fraction of sp³-hybridized carbons (Fsp3) is 0.0714. The lowest BCUT2D eigenvalue weighted by Gasteiger charge is -2.02. The number of rotatable bonds is 4. The van der Waals surface area contributed by atoms with Crippen LogP contribution in [0.5, 0.6) is 0 Å². The molecule has 1 aromatic heterocycles. The van der Waals surface area contributed by atoms with Crippen LogP contribution in [0.25, 0.3) is 6.08 Å². The van der Waals surface area contributed by atoms with Gasteiger partial charge < -0.3 is 9.73 Å². The molecule has 0 aliphatic rings. The van der Waals surface area contributed by atoms with Crippen molar-refractivity contribution in [3.8, 4) is 0 Å². The van der Waals surface area contributed by atoms with Crippen molar-refractivity contribution in [3.63, 3.8) is 0 Å². The summed E-state index contributed by atoms with van der Waals surface area (Å²) in [5.41, 5.74) is 0.960. The first kappa shape index (κ1) is 12.5. The van der Waals surface area contributed by atoms with Gasteiger partial charge in [-0.2, -0.15) is 0 Å². The Morgan fingerprint density at radius 3 is 2.94 bits per heavy atom. The Morgan fingerprint density at radius 2 is 2.22 bits per heavy atom. The molecular formula is C14H12ClNO2. The van der Waals surface area contributed by atoms with Gasteiger partial charge in [-0.1, -0.05) is 23.7 Å². The van der Waals surface area contributed by atoms with Crippen molar-refractivity contribution in [1.82, 2.24) is 5.32 Å². The van der Waals surface area contributed by atoms with Crippen LogP contribution in [0.2, 0.25) is 5.02 Å². The third-order valence-corrected chi connectivity index (χ3v) is 2.53. The molecule has 0 aliphatic heterocycles. The quantitative estimate of drug-likeness (QED) is 0.859. The molecule has 0 saturated carbocycles. The standard InChI is InChI=1S/C14H12ClNO2/c15-12-4-1-3-11(9-12)10-16-14(17)7-6-13-5-2-8-18-13/h1-9H,10H2,(H,16,17)/b7-6+. The third-order valence-electron chi connectivity index (χ3n) is 2.30. The lowest BCUT2D eigenvalue weighted by atomic mass is 10.2. The van der Waals surface area contributed by atoms with E-state index in [1.807, 2.05) is 18.2 Å². The summed E-state index contributed by atoms with van der Waals surface area (Å²) >= 11 is 5.85. The van der Waals surface area contributed by atoms with Gasteiger partial charge in [0.2, 0.25) is 5.91 Å². The molecule has 0 saturated heterocycles. The number of benzene rings is 1. The van der Waals surface area contributed by atoms with Gasteiger partial charge in [0.15, 0.2) is 0 Å². The second-order valence-electron chi connectivity index (χ2n) is 3.70. The zero-order valence-corrected chi connectivity index (χ0v) is 10.4. The summed E-state index contributed by atoms with van der Waals surface area (Å²) in [6.07, 6.45) is 4.61. The molecule has 2 rings (SSSR count). The van der Waals surface area contributed by atoms with Gasteiger partial charge in [0, 0.05) is 17.6 Å². The Kier molecular flexibility index (Phi) is 4.20. The summed E-state index contributed by atoms with van der Waals surface area (Å²) < 4.78 is 5.08. The molecule has 2 aromatic rings. The van der Waals surface area contributed by atoms with Gasteiger partial charge in [-0.15, -0.1) is 0 Å². The van der Waals surface area contributed by atoms with Crippen LogP contribution in [0.1, 0.15) is 11.3 Å². The SMILES string of the molecule is O=C(/C=C/c1ccco1)NCc1cccc(Cl)c1. The molecule has 0 fully saturated rings. The van der Waals surface area contributed by atoms with Crippen molar-refractivity contribution < 1.29 is 9.21 Å². The molecular weight excluding hydrogens is 250 g/mol. The molecule has 0 unspecified atom stereocenters. The summed E-state index contributed by atoms with van der Waals surface area (Å²) in [7, 11) is 0. The largest absolute Gasteiger partial charge is 0.465 e. The summed E-state index contributed by atoms with van der Waals surface area (Å²) in [4.78, 5) is 11.5. The third kappa shape index (κ3) is 3.79. The van der Waals surface area contributed by atoms with E-state index in [9.17, 15) is 4.79 Å². The highest BCUT2D eigenvalue weighted by Gasteiger charge is 1.98. The second kappa shape index (κ2) is 6.07. The molecule has 0 spiro atoms. The highest BCUT2D eigenvalue weighted by molar-refractivity contribution is 6.30. The van der Waals surface area contributed by atoms with Crippen molar-refractivity contribution in [3.05, 3.63) is 65.1 Å². The van der Waals surface area contributed by atoms with Gasteiger partial charge >= 0.3 is 0 Å². The van der Waals surface area contributed by atoms with Crippen molar-refractivity contribution in [1.29, 1.82) is 0 Å². The van der Waals surface area contributed by atoms with Crippen molar-refractivity contribution in [2.24, 2.45) is 0 Å². The zero-order chi connectivity index (χ0) is 12.8. The maximum atomic E-state index is 11.5. The molecule has 92 valence electrons. The molecule has 1 aromatic carbocycles. The fourth-order valence-corrected chi connectivity index (χ4v) is 1.65. The Morgan fingerprint density at radius 1 is 1.33 bits per heavy atom. The van der Waals surface area contributed by atoms with Gasteiger partial charge in [0.25, 0.3) is 0 Å². The Labute approximate surface area is 110 Å². The monoisotopic (exact) mass is 261 g/mol. The fourth-order valence-electron chi connectivity index (χ4n) is 1.44. The topological polar surface area (TPSA) is 42.2 Å². The summed E-state index contributed by atoms with van der Waals surface area (Å²) in [5.74, 6) is 0.472. The van der Waals surface area contributed by atoms with E-state index in [0.717, 1.165) is 5.56 Å². The van der Waals surface area contributed by atoms with Crippen LogP contribution >= 0.6 is 11.6 Å². The zero-order valence-electron chi connectivity index (χ0n) is 9.60.